The molecule has 2 aromatic rings. The fourth-order valence-electron chi connectivity index (χ4n) is 2.90. The van der Waals surface area contributed by atoms with Gasteiger partial charge in [-0.25, -0.2) is 0 Å². The third-order valence-electron chi connectivity index (χ3n) is 4.87. The molecule has 0 saturated carbocycles. The highest BCUT2D eigenvalue weighted by Crippen LogP contribution is 2.55. The molecule has 11 heteroatoms. The third-order valence-corrected chi connectivity index (χ3v) is 4.87. The predicted molar refractivity (Wildman–Crippen MR) is 103 cm³/mol. The van der Waals surface area contributed by atoms with Crippen LogP contribution < -0.4 is 9.47 Å². The monoisotopic (exact) mass is 486 g/mol. The largest absolute Gasteiger partial charge is 0.497 e. The van der Waals surface area contributed by atoms with E-state index in [0.717, 1.165) is 6.08 Å². The van der Waals surface area contributed by atoms with Crippen molar-refractivity contribution in [3.63, 3.8) is 0 Å². The highest BCUT2D eigenvalue weighted by molar-refractivity contribution is 5.52. The molecule has 0 aromatic heterocycles. The van der Waals surface area contributed by atoms with Crippen LogP contribution in [0.4, 0.5) is 39.5 Å². The lowest BCUT2D eigenvalue weighted by atomic mass is 9.88. The molecule has 1 atom stereocenters. The van der Waals surface area contributed by atoms with E-state index in [1.165, 1.54) is 68.8 Å². The van der Waals surface area contributed by atoms with E-state index >= 15 is 0 Å². The normalized spacial score (nSPS) is 14.4. The Balaban J connectivity index is 2.44. The van der Waals surface area contributed by atoms with E-state index in [2.05, 4.69) is 0 Å². The zero-order valence-electron chi connectivity index (χ0n) is 17.3. The summed E-state index contributed by atoms with van der Waals surface area (Å²) in [6.07, 6.45) is -6.59. The molecular formula is C22H19F9O2. The van der Waals surface area contributed by atoms with Gasteiger partial charge in [0.25, 0.3) is 0 Å². The van der Waals surface area contributed by atoms with Gasteiger partial charge in [0.15, 0.2) is 0 Å². The van der Waals surface area contributed by atoms with Crippen LogP contribution in [0, 0.1) is 0 Å². The Hall–Kier alpha value is -2.85. The number of ether oxygens (including phenoxy) is 2. The number of methoxy groups -OCH3 is 2. The summed E-state index contributed by atoms with van der Waals surface area (Å²) >= 11 is 0. The highest BCUT2D eigenvalue weighted by atomic mass is 19.4. The van der Waals surface area contributed by atoms with Crippen LogP contribution in [0.3, 0.4) is 0 Å². The fourth-order valence-corrected chi connectivity index (χ4v) is 2.90. The second-order valence-electron chi connectivity index (χ2n) is 7.07. The van der Waals surface area contributed by atoms with Gasteiger partial charge in [-0.15, -0.1) is 0 Å². The molecule has 33 heavy (non-hydrogen) atoms. The molecular weight excluding hydrogens is 467 g/mol. The Labute approximate surface area is 183 Å². The SMILES string of the molecule is COc1ccc(/C=C/C(CC(F)(F)C(F)(F)C(F)(F)C(F)(F)F)c2ccc(OC)cc2)cc1. The average Bonchev–Trinajstić information content (AvgIpc) is 2.76. The third kappa shape index (κ3) is 5.56. The number of halogens is 9. The van der Waals surface area contributed by atoms with E-state index in [0.29, 0.717) is 11.3 Å². The van der Waals surface area contributed by atoms with Crippen LogP contribution >= 0.6 is 0 Å². The minimum atomic E-state index is -6.94. The fraction of sp³-hybridized carbons (Fsp3) is 0.364. The summed E-state index contributed by atoms with van der Waals surface area (Å²) in [5.74, 6) is -20.2. The molecule has 2 aromatic carbocycles. The molecule has 1 unspecified atom stereocenters. The predicted octanol–water partition coefficient (Wildman–Crippen LogP) is 7.36. The van der Waals surface area contributed by atoms with E-state index < -0.39 is 36.3 Å². The number of rotatable bonds is 9. The van der Waals surface area contributed by atoms with Crippen molar-refractivity contribution in [2.24, 2.45) is 0 Å². The van der Waals surface area contributed by atoms with Crippen molar-refractivity contribution >= 4 is 6.08 Å². The number of benzene rings is 2. The lowest BCUT2D eigenvalue weighted by Crippen LogP contribution is -2.61. The summed E-state index contributed by atoms with van der Waals surface area (Å²) < 4.78 is 130. The molecule has 2 rings (SSSR count). The summed E-state index contributed by atoms with van der Waals surface area (Å²) in [4.78, 5) is 0. The summed E-state index contributed by atoms with van der Waals surface area (Å²) in [5.41, 5.74) is 0.399. The minimum absolute atomic E-state index is 0.0219. The molecule has 182 valence electrons. The Kier molecular flexibility index (Phi) is 7.65. The van der Waals surface area contributed by atoms with Gasteiger partial charge in [0.05, 0.1) is 14.2 Å². The quantitative estimate of drug-likeness (QED) is 0.345. The van der Waals surface area contributed by atoms with Gasteiger partial charge in [0, 0.05) is 12.3 Å². The van der Waals surface area contributed by atoms with Gasteiger partial charge in [0.2, 0.25) is 0 Å². The molecule has 0 fully saturated rings. The molecule has 0 saturated heterocycles. The second-order valence-corrected chi connectivity index (χ2v) is 7.07. The summed E-state index contributed by atoms with van der Waals surface area (Å²) in [6.45, 7) is 0. The van der Waals surface area contributed by atoms with Crippen molar-refractivity contribution in [2.75, 3.05) is 14.2 Å². The van der Waals surface area contributed by atoms with Gasteiger partial charge in [-0.2, -0.15) is 39.5 Å². The standard InChI is InChI=1S/C22H19F9O2/c1-32-17-9-4-14(5-10-17)3-6-16(15-7-11-18(33-2)12-8-15)13-19(23,24)20(25,26)21(27,28)22(29,30)31/h3-12,16H,13H2,1-2H3/b6-3+. The Morgan fingerprint density at radius 2 is 1.15 bits per heavy atom. The van der Waals surface area contributed by atoms with Crippen molar-refractivity contribution < 1.29 is 49.0 Å². The first-order valence-corrected chi connectivity index (χ1v) is 9.32. The lowest BCUT2D eigenvalue weighted by molar-refractivity contribution is -0.396. The smallest absolute Gasteiger partial charge is 0.460 e. The molecule has 0 radical (unpaired) electrons. The van der Waals surface area contributed by atoms with Gasteiger partial charge in [-0.05, 0) is 35.4 Å². The zero-order chi connectivity index (χ0) is 25.1. The molecule has 0 aliphatic carbocycles. The molecule has 0 aliphatic heterocycles. The number of hydrogen-bond donors (Lipinski definition) is 0. The van der Waals surface area contributed by atoms with Crippen LogP contribution in [0.5, 0.6) is 11.5 Å². The van der Waals surface area contributed by atoms with E-state index in [4.69, 9.17) is 9.47 Å². The molecule has 0 spiro atoms. The van der Waals surface area contributed by atoms with Crippen LogP contribution in [0.2, 0.25) is 0 Å². The molecule has 0 amide bonds. The number of allylic oxidation sites excluding steroid dienone is 1. The zero-order valence-corrected chi connectivity index (χ0v) is 17.3. The van der Waals surface area contributed by atoms with Gasteiger partial charge < -0.3 is 9.47 Å². The van der Waals surface area contributed by atoms with Crippen molar-refractivity contribution in [1.29, 1.82) is 0 Å². The maximum atomic E-state index is 14.3. The highest BCUT2D eigenvalue weighted by Gasteiger charge is 2.81. The maximum absolute atomic E-state index is 14.3. The summed E-state index contributed by atoms with van der Waals surface area (Å²) in [5, 5.41) is 0. The average molecular weight is 486 g/mol. The summed E-state index contributed by atoms with van der Waals surface area (Å²) in [6, 6.07) is 11.1. The molecule has 2 nitrogen and oxygen atoms in total. The molecule has 0 heterocycles. The minimum Gasteiger partial charge on any atom is -0.497 e. The molecule has 0 bridgehead atoms. The van der Waals surface area contributed by atoms with Crippen molar-refractivity contribution in [2.45, 2.75) is 36.3 Å². The van der Waals surface area contributed by atoms with Crippen LogP contribution in [0.25, 0.3) is 6.08 Å². The van der Waals surface area contributed by atoms with Crippen molar-refractivity contribution in [3.8, 4) is 11.5 Å². The van der Waals surface area contributed by atoms with Crippen LogP contribution in [-0.4, -0.2) is 38.2 Å². The lowest BCUT2D eigenvalue weighted by Gasteiger charge is -2.35. The van der Waals surface area contributed by atoms with E-state index in [-0.39, 0.29) is 11.3 Å². The van der Waals surface area contributed by atoms with Gasteiger partial charge in [-0.3, -0.25) is 0 Å². The van der Waals surface area contributed by atoms with E-state index in [1.54, 1.807) is 0 Å². The second kappa shape index (κ2) is 9.56. The van der Waals surface area contributed by atoms with Crippen LogP contribution in [-0.2, 0) is 0 Å². The Morgan fingerprint density at radius 3 is 1.58 bits per heavy atom. The molecule has 0 N–H and O–H groups in total. The van der Waals surface area contributed by atoms with Gasteiger partial charge in [-0.1, -0.05) is 36.4 Å². The van der Waals surface area contributed by atoms with Crippen LogP contribution in [0.1, 0.15) is 23.5 Å². The first kappa shape index (κ1) is 26.4. The first-order chi connectivity index (χ1) is 15.2. The maximum Gasteiger partial charge on any atom is 0.460 e. The van der Waals surface area contributed by atoms with Gasteiger partial charge in [0.1, 0.15) is 11.5 Å². The summed E-state index contributed by atoms with van der Waals surface area (Å²) in [7, 11) is 2.72. The first-order valence-electron chi connectivity index (χ1n) is 9.32. The van der Waals surface area contributed by atoms with Gasteiger partial charge >= 0.3 is 23.9 Å². The van der Waals surface area contributed by atoms with E-state index in [9.17, 15) is 39.5 Å². The van der Waals surface area contributed by atoms with Crippen molar-refractivity contribution in [3.05, 3.63) is 65.7 Å². The Bertz CT molecular complexity index is 934. The number of hydrogen-bond acceptors (Lipinski definition) is 2. The topological polar surface area (TPSA) is 18.5 Å². The number of alkyl halides is 9. The van der Waals surface area contributed by atoms with Crippen LogP contribution in [0.15, 0.2) is 54.6 Å². The van der Waals surface area contributed by atoms with E-state index in [1.807, 2.05) is 0 Å². The molecule has 0 aliphatic rings. The Morgan fingerprint density at radius 1 is 0.697 bits per heavy atom. The van der Waals surface area contributed by atoms with Crippen molar-refractivity contribution in [1.82, 2.24) is 0 Å².